The van der Waals surface area contributed by atoms with Crippen molar-refractivity contribution in [2.75, 3.05) is 5.01 Å². The molecule has 1 amide bonds. The lowest BCUT2D eigenvalue weighted by atomic mass is 10.0. The van der Waals surface area contributed by atoms with E-state index in [1.54, 1.807) is 24.3 Å². The largest absolute Gasteiger partial charge is 0.366 e. The predicted octanol–water partition coefficient (Wildman–Crippen LogP) is 3.60. The molecule has 0 aromatic heterocycles. The minimum absolute atomic E-state index is 0.443. The second-order valence-corrected chi connectivity index (χ2v) is 4.96. The number of primary amides is 1. The van der Waals surface area contributed by atoms with Gasteiger partial charge in [0.05, 0.1) is 5.70 Å². The average Bonchev–Trinajstić information content (AvgIpc) is 2.42. The number of carbonyl (C=O) groups is 1. The molecule has 0 fully saturated rings. The van der Waals surface area contributed by atoms with Crippen molar-refractivity contribution in [1.82, 2.24) is 0 Å². The molecule has 1 aromatic carbocycles. The Kier molecular flexibility index (Phi) is 4.72. The summed E-state index contributed by atoms with van der Waals surface area (Å²) in [5.41, 5.74) is 7.38. The highest BCUT2D eigenvalue weighted by molar-refractivity contribution is 5.93. The average molecular weight is 271 g/mol. The van der Waals surface area contributed by atoms with Crippen molar-refractivity contribution in [1.29, 1.82) is 5.39 Å². The molecule has 0 unspecified atom stereocenters. The lowest BCUT2D eigenvalue weighted by molar-refractivity contribution is 0.100. The van der Waals surface area contributed by atoms with Gasteiger partial charge in [0.2, 0.25) is 5.91 Å². The molecule has 1 aliphatic rings. The van der Waals surface area contributed by atoms with Crippen molar-refractivity contribution in [2.45, 2.75) is 38.5 Å². The number of hydrogen-bond donors (Lipinski definition) is 1. The zero-order valence-corrected chi connectivity index (χ0v) is 11.5. The van der Waals surface area contributed by atoms with Gasteiger partial charge in [0.25, 0.3) is 5.39 Å². The van der Waals surface area contributed by atoms with Gasteiger partial charge in [-0.05, 0) is 49.9 Å². The second-order valence-electron chi connectivity index (χ2n) is 4.96. The van der Waals surface area contributed by atoms with Crippen molar-refractivity contribution >= 4 is 11.6 Å². The topological polar surface area (TPSA) is 74.5 Å². The Hall–Kier alpha value is -2.35. The molecule has 5 heteroatoms. The van der Waals surface area contributed by atoms with Crippen LogP contribution in [0.1, 0.15) is 48.9 Å². The lowest BCUT2D eigenvalue weighted by Crippen LogP contribution is -2.15. The Labute approximate surface area is 118 Å². The van der Waals surface area contributed by atoms with Crippen molar-refractivity contribution in [3.05, 3.63) is 46.7 Å². The minimum Gasteiger partial charge on any atom is -0.366 e. The first-order valence-electron chi connectivity index (χ1n) is 6.96. The standard InChI is InChI=1S/C15H18N4O/c16-15(20)12-8-10-14(11-9-12)19(18-17)13-6-4-2-1-3-5-7-13/h6,8-11H,1-5,7H2,(H-,16,20)/p+1. The number of rotatable bonds is 3. The van der Waals surface area contributed by atoms with Crippen LogP contribution in [0.25, 0.3) is 5.08 Å². The summed E-state index contributed by atoms with van der Waals surface area (Å²) in [6, 6.07) is 6.75. The van der Waals surface area contributed by atoms with Gasteiger partial charge in [0.1, 0.15) is 5.69 Å². The van der Waals surface area contributed by atoms with Crippen molar-refractivity contribution in [3.8, 4) is 0 Å². The quantitative estimate of drug-likeness (QED) is 0.674. The van der Waals surface area contributed by atoms with Crippen LogP contribution in [0.4, 0.5) is 5.69 Å². The number of nitrogens with zero attached hydrogens (tertiary/aromatic N) is 3. The molecule has 0 saturated heterocycles. The van der Waals surface area contributed by atoms with Crippen LogP contribution in [0.2, 0.25) is 0 Å². The van der Waals surface area contributed by atoms with Crippen molar-refractivity contribution < 1.29 is 4.79 Å². The molecule has 5 nitrogen and oxygen atoms in total. The molecule has 0 bridgehead atoms. The van der Waals surface area contributed by atoms with Crippen LogP contribution >= 0.6 is 0 Å². The summed E-state index contributed by atoms with van der Waals surface area (Å²) in [6.07, 6.45) is 8.74. The third-order valence-electron chi connectivity index (χ3n) is 3.52. The van der Waals surface area contributed by atoms with Crippen LogP contribution in [-0.2, 0) is 0 Å². The minimum atomic E-state index is -0.464. The number of amides is 1. The summed E-state index contributed by atoms with van der Waals surface area (Å²) in [7, 11) is 0. The first-order valence-corrected chi connectivity index (χ1v) is 6.96. The molecule has 20 heavy (non-hydrogen) atoms. The monoisotopic (exact) mass is 271 g/mol. The van der Waals surface area contributed by atoms with E-state index in [2.05, 4.69) is 11.2 Å². The van der Waals surface area contributed by atoms with Gasteiger partial charge in [0.15, 0.2) is 0 Å². The van der Waals surface area contributed by atoms with Gasteiger partial charge in [-0.3, -0.25) is 4.79 Å². The highest BCUT2D eigenvalue weighted by Crippen LogP contribution is 2.26. The van der Waals surface area contributed by atoms with E-state index in [0.717, 1.165) is 30.6 Å². The molecule has 2 N–H and O–H groups in total. The molecule has 0 atom stereocenters. The maximum atomic E-state index is 11.1. The Bertz CT molecular complexity index is 542. The van der Waals surface area contributed by atoms with E-state index in [9.17, 15) is 10.2 Å². The fourth-order valence-corrected chi connectivity index (χ4v) is 2.41. The molecular formula is C15H19N4O+. The molecule has 0 spiro atoms. The first-order chi connectivity index (χ1) is 9.72. The maximum Gasteiger partial charge on any atom is 0.315 e. The van der Waals surface area contributed by atoms with Gasteiger partial charge >= 0.3 is 5.08 Å². The molecule has 0 radical (unpaired) electrons. The van der Waals surface area contributed by atoms with E-state index in [4.69, 9.17) is 5.73 Å². The summed E-state index contributed by atoms with van der Waals surface area (Å²) in [4.78, 5) is 11.1. The Balaban J connectivity index is 2.22. The molecular weight excluding hydrogens is 252 g/mol. The van der Waals surface area contributed by atoms with Crippen LogP contribution in [0.5, 0.6) is 0 Å². The Morgan fingerprint density at radius 1 is 1.15 bits per heavy atom. The number of nitrogens with two attached hydrogens (primary N) is 1. The SMILES string of the molecule is N#[N+]N(C1=CCCCCCC1)c1ccc(C(N)=O)cc1. The Morgan fingerprint density at radius 3 is 2.50 bits per heavy atom. The van der Waals surface area contributed by atoms with E-state index in [0.29, 0.717) is 5.56 Å². The van der Waals surface area contributed by atoms with Gasteiger partial charge in [-0.25, -0.2) is 0 Å². The maximum absolute atomic E-state index is 11.1. The lowest BCUT2D eigenvalue weighted by Gasteiger charge is -2.12. The summed E-state index contributed by atoms with van der Waals surface area (Å²) in [6.45, 7) is 0. The highest BCUT2D eigenvalue weighted by Gasteiger charge is 2.22. The van der Waals surface area contributed by atoms with Crippen molar-refractivity contribution in [3.63, 3.8) is 0 Å². The summed E-state index contributed by atoms with van der Waals surface area (Å²) >= 11 is 0. The fourth-order valence-electron chi connectivity index (χ4n) is 2.41. The zero-order chi connectivity index (χ0) is 14.4. The number of benzene rings is 1. The zero-order valence-electron chi connectivity index (χ0n) is 11.5. The van der Waals surface area contributed by atoms with Crippen LogP contribution in [0, 0.1) is 5.39 Å². The van der Waals surface area contributed by atoms with Crippen LogP contribution in [-0.4, -0.2) is 5.91 Å². The number of hydrogen-bond acceptors (Lipinski definition) is 3. The highest BCUT2D eigenvalue weighted by atomic mass is 16.1. The summed E-state index contributed by atoms with van der Waals surface area (Å²) < 4.78 is 0. The van der Waals surface area contributed by atoms with E-state index in [1.807, 2.05) is 0 Å². The molecule has 0 saturated carbocycles. The molecule has 1 aliphatic carbocycles. The molecule has 1 aromatic rings. The van der Waals surface area contributed by atoms with E-state index < -0.39 is 5.91 Å². The number of allylic oxidation sites excluding steroid dienone is 2. The third kappa shape index (κ3) is 3.35. The molecule has 0 heterocycles. The van der Waals surface area contributed by atoms with Gasteiger partial charge in [-0.1, -0.05) is 18.9 Å². The number of diazo groups is 1. The summed E-state index contributed by atoms with van der Waals surface area (Å²) in [5, 5.41) is 14.2. The van der Waals surface area contributed by atoms with E-state index >= 15 is 0 Å². The summed E-state index contributed by atoms with van der Waals surface area (Å²) in [5.74, 6) is -0.464. The predicted molar refractivity (Wildman–Crippen MR) is 78.3 cm³/mol. The van der Waals surface area contributed by atoms with Crippen molar-refractivity contribution in [2.24, 2.45) is 5.73 Å². The van der Waals surface area contributed by atoms with Gasteiger partial charge in [0, 0.05) is 10.6 Å². The first kappa shape index (κ1) is 14.1. The molecule has 104 valence electrons. The van der Waals surface area contributed by atoms with E-state index in [1.165, 1.54) is 24.3 Å². The second kappa shape index (κ2) is 6.71. The van der Waals surface area contributed by atoms with Crippen LogP contribution in [0.3, 0.4) is 0 Å². The number of anilines is 1. The van der Waals surface area contributed by atoms with Crippen LogP contribution < -0.4 is 10.7 Å². The molecule has 2 rings (SSSR count). The van der Waals surface area contributed by atoms with Gasteiger partial charge in [-0.15, -0.1) is 0 Å². The smallest absolute Gasteiger partial charge is 0.315 e. The molecule has 0 aliphatic heterocycles. The van der Waals surface area contributed by atoms with E-state index in [-0.39, 0.29) is 0 Å². The Morgan fingerprint density at radius 2 is 1.85 bits per heavy atom. The third-order valence-corrected chi connectivity index (χ3v) is 3.52. The fraction of sp³-hybridized carbons (Fsp3) is 0.400. The normalized spacial score (nSPS) is 15.4. The van der Waals surface area contributed by atoms with Gasteiger partial charge < -0.3 is 5.73 Å². The van der Waals surface area contributed by atoms with Crippen LogP contribution in [0.15, 0.2) is 36.0 Å². The van der Waals surface area contributed by atoms with Gasteiger partial charge in [-0.2, -0.15) is 0 Å². The number of carbonyl (C=O) groups excluding carboxylic acids is 1.